The highest BCUT2D eigenvalue weighted by atomic mass is 16.2. The molecule has 0 radical (unpaired) electrons. The maximum absolute atomic E-state index is 12.3. The Morgan fingerprint density at radius 3 is 2.38 bits per heavy atom. The Hall–Kier alpha value is -1.43. The molecule has 1 fully saturated rings. The summed E-state index contributed by atoms with van der Waals surface area (Å²) < 4.78 is 0. The molecule has 5 nitrogen and oxygen atoms in total. The van der Waals surface area contributed by atoms with Crippen molar-refractivity contribution in [2.45, 2.75) is 26.4 Å². The average Bonchev–Trinajstić information content (AvgIpc) is 2.55. The molecule has 2 rings (SSSR count). The van der Waals surface area contributed by atoms with Gasteiger partial charge in [0, 0.05) is 38.4 Å². The molecule has 1 aliphatic heterocycles. The van der Waals surface area contributed by atoms with E-state index in [1.807, 2.05) is 31.2 Å². The second kappa shape index (κ2) is 7.54. The van der Waals surface area contributed by atoms with Crippen LogP contribution in [0.5, 0.6) is 0 Å². The van der Waals surface area contributed by atoms with Gasteiger partial charge in [-0.15, -0.1) is 0 Å². The number of carbonyl (C=O) groups excluding carboxylic acids is 1. The van der Waals surface area contributed by atoms with Gasteiger partial charge < -0.3 is 16.0 Å². The van der Waals surface area contributed by atoms with Crippen molar-refractivity contribution in [1.29, 1.82) is 0 Å². The van der Waals surface area contributed by atoms with Crippen molar-refractivity contribution in [3.8, 4) is 0 Å². The number of hydrogen-bond donors (Lipinski definition) is 2. The van der Waals surface area contributed by atoms with Gasteiger partial charge in [0.25, 0.3) is 0 Å². The van der Waals surface area contributed by atoms with Crippen LogP contribution in [0.3, 0.4) is 0 Å². The van der Waals surface area contributed by atoms with E-state index in [1.54, 1.807) is 0 Å². The Morgan fingerprint density at radius 1 is 1.24 bits per heavy atom. The maximum Gasteiger partial charge on any atom is 0.241 e. The van der Waals surface area contributed by atoms with Crippen LogP contribution in [0.4, 0.5) is 5.69 Å². The Balaban J connectivity index is 1.87. The molecule has 1 aromatic rings. The van der Waals surface area contributed by atoms with Crippen molar-refractivity contribution in [3.05, 3.63) is 29.8 Å². The largest absolute Gasteiger partial charge is 0.326 e. The quantitative estimate of drug-likeness (QED) is 0.853. The highest BCUT2D eigenvalue weighted by Crippen LogP contribution is 2.12. The number of amides is 1. The van der Waals surface area contributed by atoms with Gasteiger partial charge in [-0.05, 0) is 31.2 Å². The number of piperazine rings is 1. The van der Waals surface area contributed by atoms with Gasteiger partial charge in [0.05, 0.1) is 6.04 Å². The lowest BCUT2D eigenvalue weighted by molar-refractivity contribution is -0.121. The minimum atomic E-state index is -0.0989. The minimum Gasteiger partial charge on any atom is -0.326 e. The molecule has 0 aliphatic carbocycles. The first-order valence-corrected chi connectivity index (χ1v) is 7.70. The summed E-state index contributed by atoms with van der Waals surface area (Å²) in [5.41, 5.74) is 7.47. The molecule has 1 amide bonds. The lowest BCUT2D eigenvalue weighted by atomic mass is 10.2. The van der Waals surface area contributed by atoms with Crippen LogP contribution in [0.1, 0.15) is 19.4 Å². The van der Waals surface area contributed by atoms with Gasteiger partial charge in [-0.1, -0.05) is 19.1 Å². The number of hydrogen-bond acceptors (Lipinski definition) is 4. The third kappa shape index (κ3) is 4.27. The van der Waals surface area contributed by atoms with Crippen molar-refractivity contribution >= 4 is 11.6 Å². The highest BCUT2D eigenvalue weighted by molar-refractivity contribution is 5.94. The fourth-order valence-corrected chi connectivity index (χ4v) is 2.60. The van der Waals surface area contributed by atoms with Crippen LogP contribution in [-0.2, 0) is 11.3 Å². The van der Waals surface area contributed by atoms with Gasteiger partial charge in [-0.2, -0.15) is 0 Å². The molecule has 0 saturated carbocycles. The second-order valence-electron chi connectivity index (χ2n) is 5.54. The zero-order valence-corrected chi connectivity index (χ0v) is 13.0. The van der Waals surface area contributed by atoms with E-state index < -0.39 is 0 Å². The van der Waals surface area contributed by atoms with Gasteiger partial charge in [0.15, 0.2) is 0 Å². The summed E-state index contributed by atoms with van der Waals surface area (Å²) in [4.78, 5) is 17.0. The number of nitrogens with zero attached hydrogens (tertiary/aromatic N) is 2. The maximum atomic E-state index is 12.3. The van der Waals surface area contributed by atoms with E-state index in [0.717, 1.165) is 44.0 Å². The van der Waals surface area contributed by atoms with E-state index in [1.165, 1.54) is 0 Å². The number of anilines is 1. The average molecular weight is 290 g/mol. The molecule has 1 aliphatic rings. The lowest BCUT2D eigenvalue weighted by Crippen LogP contribution is -2.52. The van der Waals surface area contributed by atoms with Crippen molar-refractivity contribution in [2.24, 2.45) is 5.73 Å². The van der Waals surface area contributed by atoms with Gasteiger partial charge >= 0.3 is 0 Å². The molecule has 0 aromatic heterocycles. The number of rotatable bonds is 5. The van der Waals surface area contributed by atoms with Crippen LogP contribution >= 0.6 is 0 Å². The van der Waals surface area contributed by atoms with E-state index in [2.05, 4.69) is 22.0 Å². The van der Waals surface area contributed by atoms with Crippen LogP contribution in [-0.4, -0.2) is 54.5 Å². The Kier molecular flexibility index (Phi) is 5.73. The molecule has 0 spiro atoms. The molecule has 3 N–H and O–H groups in total. The summed E-state index contributed by atoms with van der Waals surface area (Å²) in [5.74, 6) is 0.0560. The van der Waals surface area contributed by atoms with Gasteiger partial charge in [0.1, 0.15) is 0 Å². The Bertz CT molecular complexity index is 452. The predicted molar refractivity (Wildman–Crippen MR) is 86.1 cm³/mol. The van der Waals surface area contributed by atoms with E-state index in [9.17, 15) is 4.79 Å². The third-order valence-electron chi connectivity index (χ3n) is 4.24. The first-order chi connectivity index (χ1) is 10.1. The number of carbonyl (C=O) groups is 1. The predicted octanol–water partition coefficient (Wildman–Crippen LogP) is 1.11. The number of nitrogens with one attached hydrogen (secondary N) is 1. The fraction of sp³-hybridized carbons (Fsp3) is 0.562. The van der Waals surface area contributed by atoms with Crippen molar-refractivity contribution in [3.63, 3.8) is 0 Å². The SMILES string of the molecule is CCN1CCN(C(C)C(=O)Nc2ccc(CN)cc2)CC1. The van der Waals surface area contributed by atoms with E-state index >= 15 is 0 Å². The van der Waals surface area contributed by atoms with Crippen LogP contribution in [0, 0.1) is 0 Å². The molecule has 21 heavy (non-hydrogen) atoms. The first kappa shape index (κ1) is 15.9. The van der Waals surface area contributed by atoms with Crippen LogP contribution < -0.4 is 11.1 Å². The Morgan fingerprint density at radius 2 is 1.86 bits per heavy atom. The normalized spacial score (nSPS) is 18.4. The minimum absolute atomic E-state index is 0.0560. The summed E-state index contributed by atoms with van der Waals surface area (Å²) in [5, 5.41) is 2.98. The fourth-order valence-electron chi connectivity index (χ4n) is 2.60. The molecule has 5 heteroatoms. The Labute approximate surface area is 127 Å². The molecule has 116 valence electrons. The second-order valence-corrected chi connectivity index (χ2v) is 5.54. The summed E-state index contributed by atoms with van der Waals surface area (Å²) in [6.07, 6.45) is 0. The van der Waals surface area contributed by atoms with Crippen molar-refractivity contribution in [2.75, 3.05) is 38.0 Å². The van der Waals surface area contributed by atoms with Gasteiger partial charge in [-0.25, -0.2) is 0 Å². The topological polar surface area (TPSA) is 61.6 Å². The van der Waals surface area contributed by atoms with E-state index in [0.29, 0.717) is 6.54 Å². The van der Waals surface area contributed by atoms with Crippen LogP contribution in [0.15, 0.2) is 24.3 Å². The highest BCUT2D eigenvalue weighted by Gasteiger charge is 2.24. The third-order valence-corrected chi connectivity index (χ3v) is 4.24. The summed E-state index contributed by atoms with van der Waals surface area (Å²) in [6.45, 7) is 9.75. The monoisotopic (exact) mass is 290 g/mol. The van der Waals surface area contributed by atoms with Gasteiger partial charge in [-0.3, -0.25) is 9.69 Å². The number of nitrogens with two attached hydrogens (primary N) is 1. The van der Waals surface area contributed by atoms with Gasteiger partial charge in [0.2, 0.25) is 5.91 Å². The van der Waals surface area contributed by atoms with E-state index in [-0.39, 0.29) is 11.9 Å². The molecule has 1 unspecified atom stereocenters. The van der Waals surface area contributed by atoms with Crippen LogP contribution in [0.25, 0.3) is 0 Å². The summed E-state index contributed by atoms with van der Waals surface area (Å²) in [6, 6.07) is 7.60. The molecule has 0 bridgehead atoms. The van der Waals surface area contributed by atoms with E-state index in [4.69, 9.17) is 5.73 Å². The molecule has 1 atom stereocenters. The van der Waals surface area contributed by atoms with Crippen molar-refractivity contribution in [1.82, 2.24) is 9.80 Å². The number of likely N-dealkylation sites (N-methyl/N-ethyl adjacent to an activating group) is 1. The molecular weight excluding hydrogens is 264 g/mol. The standard InChI is InChI=1S/C16H26N4O/c1-3-19-8-10-20(11-9-19)13(2)16(21)18-15-6-4-14(12-17)5-7-15/h4-7,13H,3,8-12,17H2,1-2H3,(H,18,21). The molecule has 1 saturated heterocycles. The summed E-state index contributed by atoms with van der Waals surface area (Å²) >= 11 is 0. The molecular formula is C16H26N4O. The van der Waals surface area contributed by atoms with Crippen molar-refractivity contribution < 1.29 is 4.79 Å². The molecule has 1 aromatic carbocycles. The first-order valence-electron chi connectivity index (χ1n) is 7.70. The zero-order valence-electron chi connectivity index (χ0n) is 13.0. The zero-order chi connectivity index (χ0) is 15.2. The number of benzene rings is 1. The smallest absolute Gasteiger partial charge is 0.241 e. The van der Waals surface area contributed by atoms with Crippen LogP contribution in [0.2, 0.25) is 0 Å². The lowest BCUT2D eigenvalue weighted by Gasteiger charge is -2.36. The molecule has 1 heterocycles. The summed E-state index contributed by atoms with van der Waals surface area (Å²) in [7, 11) is 0.